The minimum Gasteiger partial charge on any atom is -0.489 e. The number of carbonyl (C=O) groups is 1. The summed E-state index contributed by atoms with van der Waals surface area (Å²) in [6.07, 6.45) is 1.66. The molecule has 0 fully saturated rings. The third-order valence-electron chi connectivity index (χ3n) is 5.74. The quantitative estimate of drug-likeness (QED) is 0.220. The number of carbonyl (C=O) groups excluding carboxylic acids is 1. The van der Waals surface area contributed by atoms with Crippen molar-refractivity contribution in [2.24, 2.45) is 5.10 Å². The van der Waals surface area contributed by atoms with E-state index in [1.807, 2.05) is 91.9 Å². The predicted octanol–water partition coefficient (Wildman–Crippen LogP) is 4.61. The summed E-state index contributed by atoms with van der Waals surface area (Å²) in [7, 11) is -3.93. The average Bonchev–Trinajstić information content (AvgIpc) is 2.93. The van der Waals surface area contributed by atoms with E-state index in [-0.39, 0.29) is 11.3 Å². The molecule has 8 heteroatoms. The topological polar surface area (TPSA) is 96.9 Å². The summed E-state index contributed by atoms with van der Waals surface area (Å²) in [6.45, 7) is 2.34. The summed E-state index contributed by atoms with van der Waals surface area (Å²) in [5, 5.41) is 4.04. The second-order valence-electron chi connectivity index (χ2n) is 8.75. The van der Waals surface area contributed by atoms with Gasteiger partial charge in [-0.3, -0.25) is 4.79 Å². The Morgan fingerprint density at radius 2 is 1.45 bits per heavy atom. The zero-order valence-electron chi connectivity index (χ0n) is 20.9. The number of nitrogens with zero attached hydrogens (tertiary/aromatic N) is 1. The fraction of sp³-hybridized carbons (Fsp3) is 0.133. The number of nitrogens with one attached hydrogen (secondary N) is 2. The number of hydrogen-bond donors (Lipinski definition) is 2. The van der Waals surface area contributed by atoms with E-state index in [0.29, 0.717) is 12.4 Å². The molecule has 194 valence electrons. The van der Waals surface area contributed by atoms with Gasteiger partial charge in [-0.1, -0.05) is 78.4 Å². The molecule has 0 bridgehead atoms. The second kappa shape index (κ2) is 12.8. The van der Waals surface area contributed by atoms with Gasteiger partial charge in [0.15, 0.2) is 0 Å². The minimum atomic E-state index is -3.93. The molecule has 1 unspecified atom stereocenters. The van der Waals surface area contributed by atoms with E-state index in [9.17, 15) is 13.2 Å². The lowest BCUT2D eigenvalue weighted by molar-refractivity contribution is -0.122. The average molecular weight is 528 g/mol. The van der Waals surface area contributed by atoms with Gasteiger partial charge in [0.2, 0.25) is 10.0 Å². The van der Waals surface area contributed by atoms with Crippen molar-refractivity contribution >= 4 is 22.1 Å². The number of rotatable bonds is 11. The molecule has 4 rings (SSSR count). The summed E-state index contributed by atoms with van der Waals surface area (Å²) in [5.74, 6) is 0.145. The lowest BCUT2D eigenvalue weighted by Crippen LogP contribution is -2.46. The summed E-state index contributed by atoms with van der Waals surface area (Å²) < 4.78 is 34.3. The van der Waals surface area contributed by atoms with Crippen LogP contribution in [-0.4, -0.2) is 26.6 Å². The molecule has 4 aromatic carbocycles. The molecular weight excluding hydrogens is 498 g/mol. The van der Waals surface area contributed by atoms with E-state index >= 15 is 0 Å². The minimum absolute atomic E-state index is 0.0898. The number of benzene rings is 4. The Morgan fingerprint density at radius 1 is 0.842 bits per heavy atom. The second-order valence-corrected chi connectivity index (χ2v) is 10.5. The first-order valence-electron chi connectivity index (χ1n) is 12.1. The molecule has 0 spiro atoms. The highest BCUT2D eigenvalue weighted by Crippen LogP contribution is 2.14. The van der Waals surface area contributed by atoms with Crippen LogP contribution in [0.2, 0.25) is 0 Å². The monoisotopic (exact) mass is 527 g/mol. The van der Waals surface area contributed by atoms with Crippen LogP contribution in [0.25, 0.3) is 0 Å². The SMILES string of the molecule is Cc1ccc(S(=O)(=O)NC(Cc2ccccc2)C(=O)N/N=C/c2ccc(OCc3ccccc3)cc2)cc1. The van der Waals surface area contributed by atoms with Crippen molar-refractivity contribution in [2.45, 2.75) is 30.9 Å². The van der Waals surface area contributed by atoms with E-state index in [1.54, 1.807) is 12.1 Å². The molecule has 1 amide bonds. The highest BCUT2D eigenvalue weighted by Gasteiger charge is 2.26. The van der Waals surface area contributed by atoms with E-state index in [2.05, 4.69) is 15.2 Å². The zero-order valence-corrected chi connectivity index (χ0v) is 21.8. The van der Waals surface area contributed by atoms with Crippen LogP contribution in [0.4, 0.5) is 0 Å². The van der Waals surface area contributed by atoms with Gasteiger partial charge in [0.25, 0.3) is 5.91 Å². The van der Waals surface area contributed by atoms with Crippen LogP contribution < -0.4 is 14.9 Å². The van der Waals surface area contributed by atoms with E-state index in [0.717, 1.165) is 22.3 Å². The van der Waals surface area contributed by atoms with Crippen LogP contribution in [0.1, 0.15) is 22.3 Å². The number of amides is 1. The maximum absolute atomic E-state index is 13.0. The molecule has 0 radical (unpaired) electrons. The van der Waals surface area contributed by atoms with Crippen molar-refractivity contribution in [1.82, 2.24) is 10.1 Å². The normalized spacial score (nSPS) is 12.2. The zero-order chi connectivity index (χ0) is 26.8. The molecule has 38 heavy (non-hydrogen) atoms. The lowest BCUT2D eigenvalue weighted by Gasteiger charge is -2.17. The lowest BCUT2D eigenvalue weighted by atomic mass is 10.1. The number of hydrazone groups is 1. The maximum Gasteiger partial charge on any atom is 0.258 e. The fourth-order valence-corrected chi connectivity index (χ4v) is 4.85. The number of ether oxygens (including phenoxy) is 1. The van der Waals surface area contributed by atoms with Crippen molar-refractivity contribution < 1.29 is 17.9 Å². The van der Waals surface area contributed by atoms with Crippen LogP contribution in [0.5, 0.6) is 5.75 Å². The van der Waals surface area contributed by atoms with Crippen molar-refractivity contribution in [3.05, 3.63) is 131 Å². The molecule has 7 nitrogen and oxygen atoms in total. The van der Waals surface area contributed by atoms with Gasteiger partial charge < -0.3 is 4.74 Å². The first-order chi connectivity index (χ1) is 18.4. The van der Waals surface area contributed by atoms with Gasteiger partial charge in [-0.2, -0.15) is 9.82 Å². The van der Waals surface area contributed by atoms with Crippen molar-refractivity contribution in [3.8, 4) is 5.75 Å². The highest BCUT2D eigenvalue weighted by molar-refractivity contribution is 7.89. The molecule has 0 heterocycles. The third-order valence-corrected chi connectivity index (χ3v) is 7.23. The molecule has 2 N–H and O–H groups in total. The van der Waals surface area contributed by atoms with Gasteiger partial charge in [0, 0.05) is 0 Å². The summed E-state index contributed by atoms with van der Waals surface area (Å²) in [5.41, 5.74) is 6.04. The molecule has 0 aliphatic heterocycles. The summed E-state index contributed by atoms with van der Waals surface area (Å²) >= 11 is 0. The molecule has 0 saturated heterocycles. The predicted molar refractivity (Wildman–Crippen MR) is 148 cm³/mol. The molecular formula is C30H29N3O4S. The molecule has 0 aliphatic carbocycles. The van der Waals surface area contributed by atoms with Gasteiger partial charge in [0.05, 0.1) is 11.1 Å². The Bertz CT molecular complexity index is 1460. The van der Waals surface area contributed by atoms with Crippen LogP contribution in [-0.2, 0) is 27.8 Å². The Labute approximate surface area is 223 Å². The van der Waals surface area contributed by atoms with Crippen molar-refractivity contribution in [1.29, 1.82) is 0 Å². The molecule has 0 saturated carbocycles. The molecule has 1 atom stereocenters. The first-order valence-corrected chi connectivity index (χ1v) is 13.6. The Balaban J connectivity index is 1.40. The fourth-order valence-electron chi connectivity index (χ4n) is 3.65. The van der Waals surface area contributed by atoms with Crippen LogP contribution in [0.3, 0.4) is 0 Å². The third kappa shape index (κ3) is 7.86. The number of aryl methyl sites for hydroxylation is 1. The first kappa shape index (κ1) is 26.8. The Kier molecular flexibility index (Phi) is 9.02. The van der Waals surface area contributed by atoms with Crippen LogP contribution in [0, 0.1) is 6.92 Å². The summed E-state index contributed by atoms with van der Waals surface area (Å²) in [6, 6.07) is 31.7. The molecule has 4 aromatic rings. The number of sulfonamides is 1. The van der Waals surface area contributed by atoms with Gasteiger partial charge >= 0.3 is 0 Å². The van der Waals surface area contributed by atoms with Gasteiger partial charge in [-0.15, -0.1) is 0 Å². The smallest absolute Gasteiger partial charge is 0.258 e. The Morgan fingerprint density at radius 3 is 2.08 bits per heavy atom. The van der Waals surface area contributed by atoms with Gasteiger partial charge in [0.1, 0.15) is 18.4 Å². The number of hydrogen-bond acceptors (Lipinski definition) is 5. The standard InChI is InChI=1S/C30H29N3O4S/c1-23-12-18-28(19-13-23)38(35,36)33-29(20-24-8-4-2-5-9-24)30(34)32-31-21-25-14-16-27(17-15-25)37-22-26-10-6-3-7-11-26/h2-19,21,29,33H,20,22H2,1H3,(H,32,34)/b31-21+. The molecule has 0 aromatic heterocycles. The van der Waals surface area contributed by atoms with E-state index < -0.39 is 22.0 Å². The maximum atomic E-state index is 13.0. The Hall–Kier alpha value is -4.27. The van der Waals surface area contributed by atoms with Crippen molar-refractivity contribution in [2.75, 3.05) is 0 Å². The van der Waals surface area contributed by atoms with Gasteiger partial charge in [-0.25, -0.2) is 13.8 Å². The summed E-state index contributed by atoms with van der Waals surface area (Å²) in [4.78, 5) is 13.1. The van der Waals surface area contributed by atoms with Crippen LogP contribution in [0.15, 0.2) is 119 Å². The van der Waals surface area contributed by atoms with Crippen molar-refractivity contribution in [3.63, 3.8) is 0 Å². The molecule has 0 aliphatic rings. The van der Waals surface area contributed by atoms with E-state index in [4.69, 9.17) is 4.74 Å². The van der Waals surface area contributed by atoms with E-state index in [1.165, 1.54) is 18.3 Å². The van der Waals surface area contributed by atoms with Crippen LogP contribution >= 0.6 is 0 Å². The highest BCUT2D eigenvalue weighted by atomic mass is 32.2. The largest absolute Gasteiger partial charge is 0.489 e. The van der Waals surface area contributed by atoms with Gasteiger partial charge in [-0.05, 0) is 66.4 Å².